The molecular weight excluding hydrogens is 362 g/mol. The summed E-state index contributed by atoms with van der Waals surface area (Å²) in [6.45, 7) is 4.56. The van der Waals surface area contributed by atoms with E-state index in [2.05, 4.69) is 26.2 Å². The molecule has 1 fully saturated rings. The molecular formula is C16H22BrN3O3. The van der Waals surface area contributed by atoms with Gasteiger partial charge >= 0.3 is 0 Å². The van der Waals surface area contributed by atoms with Gasteiger partial charge in [-0.3, -0.25) is 9.59 Å². The van der Waals surface area contributed by atoms with E-state index < -0.39 is 17.9 Å². The second-order valence-corrected chi connectivity index (χ2v) is 7.17. The van der Waals surface area contributed by atoms with Crippen LogP contribution in [0.3, 0.4) is 0 Å². The number of halogens is 1. The zero-order valence-electron chi connectivity index (χ0n) is 13.3. The van der Waals surface area contributed by atoms with Gasteiger partial charge in [0.25, 0.3) is 5.91 Å². The summed E-state index contributed by atoms with van der Waals surface area (Å²) in [6, 6.07) is 0.874. The normalized spacial score (nSPS) is 15.3. The van der Waals surface area contributed by atoms with Gasteiger partial charge in [-0.25, -0.2) is 4.98 Å². The van der Waals surface area contributed by atoms with Crippen LogP contribution in [0.5, 0.6) is 5.75 Å². The number of aromatic nitrogens is 1. The van der Waals surface area contributed by atoms with Gasteiger partial charge in [0.2, 0.25) is 5.91 Å². The number of hydrogen-bond acceptors (Lipinski definition) is 4. The Labute approximate surface area is 144 Å². The van der Waals surface area contributed by atoms with Crippen LogP contribution in [0.2, 0.25) is 0 Å². The first kappa shape index (κ1) is 17.7. The first-order valence-corrected chi connectivity index (χ1v) is 8.54. The summed E-state index contributed by atoms with van der Waals surface area (Å²) in [5.41, 5.74) is 5.55. The van der Waals surface area contributed by atoms with Crippen molar-refractivity contribution >= 4 is 27.7 Å². The minimum Gasteiger partial charge on any atom is -0.492 e. The highest BCUT2D eigenvalue weighted by Crippen LogP contribution is 2.31. The van der Waals surface area contributed by atoms with E-state index in [9.17, 15) is 9.59 Å². The van der Waals surface area contributed by atoms with Gasteiger partial charge < -0.3 is 15.8 Å². The van der Waals surface area contributed by atoms with Crippen LogP contribution in [0.1, 0.15) is 43.6 Å². The number of primary amides is 1. The Morgan fingerprint density at radius 3 is 2.74 bits per heavy atom. The molecule has 126 valence electrons. The van der Waals surface area contributed by atoms with Crippen molar-refractivity contribution in [3.63, 3.8) is 0 Å². The van der Waals surface area contributed by atoms with Crippen molar-refractivity contribution in [2.75, 3.05) is 6.61 Å². The maximum Gasteiger partial charge on any atom is 0.270 e. The highest BCUT2D eigenvalue weighted by molar-refractivity contribution is 9.10. The van der Waals surface area contributed by atoms with Crippen LogP contribution in [0.25, 0.3) is 0 Å². The molecule has 0 radical (unpaired) electrons. The van der Waals surface area contributed by atoms with Crippen molar-refractivity contribution in [2.45, 2.75) is 39.2 Å². The average Bonchev–Trinajstić information content (AvgIpc) is 3.29. The Balaban J connectivity index is 2.04. The van der Waals surface area contributed by atoms with Crippen molar-refractivity contribution in [2.24, 2.45) is 17.6 Å². The largest absolute Gasteiger partial charge is 0.492 e. The molecule has 0 unspecified atom stereocenters. The van der Waals surface area contributed by atoms with Crippen LogP contribution in [0.4, 0.5) is 0 Å². The summed E-state index contributed by atoms with van der Waals surface area (Å²) in [5.74, 6) is 0.449. The monoisotopic (exact) mass is 383 g/mol. The van der Waals surface area contributed by atoms with Gasteiger partial charge in [0.05, 0.1) is 11.1 Å². The minimum atomic E-state index is -0.705. The third-order valence-electron chi connectivity index (χ3n) is 3.58. The molecule has 0 aromatic carbocycles. The second kappa shape index (κ2) is 7.77. The molecule has 2 rings (SSSR count). The van der Waals surface area contributed by atoms with Gasteiger partial charge in [-0.1, -0.05) is 13.8 Å². The number of nitrogens with zero attached hydrogens (tertiary/aromatic N) is 1. The Morgan fingerprint density at radius 1 is 1.48 bits per heavy atom. The summed E-state index contributed by atoms with van der Waals surface area (Å²) in [7, 11) is 0. The average molecular weight is 384 g/mol. The third kappa shape index (κ3) is 5.49. The fourth-order valence-corrected chi connectivity index (χ4v) is 2.43. The summed E-state index contributed by atoms with van der Waals surface area (Å²) in [6.07, 6.45) is 4.39. The van der Waals surface area contributed by atoms with E-state index in [1.807, 2.05) is 13.8 Å². The van der Waals surface area contributed by atoms with Crippen LogP contribution in [0, 0.1) is 11.8 Å². The van der Waals surface area contributed by atoms with Crippen molar-refractivity contribution in [1.82, 2.24) is 10.3 Å². The second-order valence-electron chi connectivity index (χ2n) is 6.31. The number of ether oxygens (including phenoxy) is 1. The first-order chi connectivity index (χ1) is 10.9. The molecule has 1 aromatic heterocycles. The standard InChI is InChI=1S/C16H22BrN3O3/c1-9(2)5-12(15(18)21)20-16(22)13-6-14(11(17)7-19-13)23-8-10-3-4-10/h6-7,9-10,12H,3-5,8H2,1-2H3,(H2,18,21)(H,20,22)/t12-/m1/s1. The van der Waals surface area contributed by atoms with E-state index in [-0.39, 0.29) is 11.6 Å². The van der Waals surface area contributed by atoms with Gasteiger partial charge in [-0.15, -0.1) is 0 Å². The van der Waals surface area contributed by atoms with Crippen molar-refractivity contribution < 1.29 is 14.3 Å². The van der Waals surface area contributed by atoms with Gasteiger partial charge in [-0.05, 0) is 47.0 Å². The zero-order chi connectivity index (χ0) is 17.0. The van der Waals surface area contributed by atoms with Gasteiger partial charge in [-0.2, -0.15) is 0 Å². The summed E-state index contributed by atoms with van der Waals surface area (Å²) in [4.78, 5) is 27.8. The number of pyridine rings is 1. The lowest BCUT2D eigenvalue weighted by molar-refractivity contribution is -0.120. The smallest absolute Gasteiger partial charge is 0.270 e. The molecule has 23 heavy (non-hydrogen) atoms. The van der Waals surface area contributed by atoms with Crippen LogP contribution in [0.15, 0.2) is 16.7 Å². The van der Waals surface area contributed by atoms with Gasteiger partial charge in [0.1, 0.15) is 17.5 Å². The van der Waals surface area contributed by atoms with Crippen LogP contribution in [-0.4, -0.2) is 29.4 Å². The van der Waals surface area contributed by atoms with Crippen molar-refractivity contribution in [1.29, 1.82) is 0 Å². The quantitative estimate of drug-likeness (QED) is 0.719. The minimum absolute atomic E-state index is 0.203. The number of rotatable bonds is 8. The molecule has 0 saturated heterocycles. The maximum absolute atomic E-state index is 12.3. The lowest BCUT2D eigenvalue weighted by atomic mass is 10.0. The molecule has 1 aromatic rings. The number of carbonyl (C=O) groups is 2. The van der Waals surface area contributed by atoms with E-state index in [0.717, 1.165) is 0 Å². The Bertz CT molecular complexity index is 588. The molecule has 1 aliphatic rings. The summed E-state index contributed by atoms with van der Waals surface area (Å²) < 4.78 is 6.41. The predicted molar refractivity (Wildman–Crippen MR) is 90.1 cm³/mol. The Hall–Kier alpha value is -1.63. The molecule has 2 amide bonds. The van der Waals surface area contributed by atoms with E-state index in [0.29, 0.717) is 29.2 Å². The number of nitrogens with two attached hydrogens (primary N) is 1. The van der Waals surface area contributed by atoms with Gasteiger partial charge in [0.15, 0.2) is 0 Å². The molecule has 0 spiro atoms. The highest BCUT2D eigenvalue weighted by Gasteiger charge is 2.24. The SMILES string of the molecule is CC(C)C[C@@H](NC(=O)c1cc(OCC2CC2)c(Br)cn1)C(N)=O. The molecule has 0 bridgehead atoms. The summed E-state index contributed by atoms with van der Waals surface area (Å²) in [5, 5.41) is 2.64. The van der Waals surface area contributed by atoms with Gasteiger partial charge in [0, 0.05) is 12.3 Å². The molecule has 1 saturated carbocycles. The van der Waals surface area contributed by atoms with Crippen molar-refractivity contribution in [3.8, 4) is 5.75 Å². The Kier molecular flexibility index (Phi) is 5.98. The number of hydrogen-bond donors (Lipinski definition) is 2. The van der Waals surface area contributed by atoms with Crippen LogP contribution < -0.4 is 15.8 Å². The highest BCUT2D eigenvalue weighted by atomic mass is 79.9. The van der Waals surface area contributed by atoms with Crippen LogP contribution in [-0.2, 0) is 4.79 Å². The lowest BCUT2D eigenvalue weighted by Crippen LogP contribution is -2.45. The molecule has 6 nitrogen and oxygen atoms in total. The molecule has 3 N–H and O–H groups in total. The number of amides is 2. The molecule has 0 aliphatic heterocycles. The van der Waals surface area contributed by atoms with E-state index in [1.54, 1.807) is 6.07 Å². The topological polar surface area (TPSA) is 94.3 Å². The maximum atomic E-state index is 12.3. The predicted octanol–water partition coefficient (Wildman–Crippen LogP) is 2.26. The Morgan fingerprint density at radius 2 is 2.17 bits per heavy atom. The number of carbonyl (C=O) groups excluding carboxylic acids is 2. The fourth-order valence-electron chi connectivity index (χ4n) is 2.10. The van der Waals surface area contributed by atoms with Crippen molar-refractivity contribution in [3.05, 3.63) is 22.4 Å². The molecule has 7 heteroatoms. The molecule has 1 aliphatic carbocycles. The number of nitrogens with one attached hydrogen (secondary N) is 1. The molecule has 1 atom stereocenters. The lowest BCUT2D eigenvalue weighted by Gasteiger charge is -2.17. The van der Waals surface area contributed by atoms with E-state index >= 15 is 0 Å². The van der Waals surface area contributed by atoms with Crippen LogP contribution >= 0.6 is 15.9 Å². The third-order valence-corrected chi connectivity index (χ3v) is 4.18. The summed E-state index contributed by atoms with van der Waals surface area (Å²) >= 11 is 3.36. The molecule has 1 heterocycles. The first-order valence-electron chi connectivity index (χ1n) is 7.75. The van der Waals surface area contributed by atoms with E-state index in [1.165, 1.54) is 19.0 Å². The zero-order valence-corrected chi connectivity index (χ0v) is 14.9. The fraction of sp³-hybridized carbons (Fsp3) is 0.562. The van der Waals surface area contributed by atoms with E-state index in [4.69, 9.17) is 10.5 Å².